The molecule has 2 rings (SSSR count). The molecule has 88 valence electrons. The summed E-state index contributed by atoms with van der Waals surface area (Å²) in [5.41, 5.74) is 3.20. The Bertz CT molecular complexity index is 579. The van der Waals surface area contributed by atoms with Gasteiger partial charge in [0.2, 0.25) is 0 Å². The maximum Gasteiger partial charge on any atom is 0.166 e. The maximum atomic E-state index is 12.3. The fraction of sp³-hybridized carbons (Fsp3) is 0.312. The molecule has 2 aromatic rings. The Morgan fingerprint density at radius 2 is 1.76 bits per heavy atom. The Kier molecular flexibility index (Phi) is 3.01. The Labute approximate surface area is 102 Å². The lowest BCUT2D eigenvalue weighted by atomic mass is 9.89. The van der Waals surface area contributed by atoms with Gasteiger partial charge in [0.15, 0.2) is 5.78 Å². The first-order valence-corrected chi connectivity index (χ1v) is 6.05. The summed E-state index contributed by atoms with van der Waals surface area (Å²) in [7, 11) is 0. The zero-order chi connectivity index (χ0) is 12.6. The van der Waals surface area contributed by atoms with Crippen molar-refractivity contribution >= 4 is 16.6 Å². The van der Waals surface area contributed by atoms with E-state index < -0.39 is 0 Å². The van der Waals surface area contributed by atoms with Gasteiger partial charge in [-0.3, -0.25) is 4.79 Å². The van der Waals surface area contributed by atoms with Crippen molar-refractivity contribution in [3.63, 3.8) is 0 Å². The van der Waals surface area contributed by atoms with E-state index >= 15 is 0 Å². The summed E-state index contributed by atoms with van der Waals surface area (Å²) in [6.07, 6.45) is 0. The van der Waals surface area contributed by atoms with Crippen LogP contribution in [0.4, 0.5) is 0 Å². The van der Waals surface area contributed by atoms with Gasteiger partial charge in [0, 0.05) is 11.5 Å². The Balaban J connectivity index is 2.83. The first-order chi connectivity index (χ1) is 8.02. The summed E-state index contributed by atoms with van der Waals surface area (Å²) in [4.78, 5) is 12.3. The van der Waals surface area contributed by atoms with Crippen molar-refractivity contribution in [1.82, 2.24) is 0 Å². The number of hydrogen-bond acceptors (Lipinski definition) is 1. The predicted octanol–water partition coefficient (Wildman–Crippen LogP) is 4.30. The van der Waals surface area contributed by atoms with Crippen molar-refractivity contribution in [2.45, 2.75) is 27.7 Å². The maximum absolute atomic E-state index is 12.3. The van der Waals surface area contributed by atoms with Gasteiger partial charge in [0.25, 0.3) is 0 Å². The standard InChI is InChI=1S/C16H18O/c1-10(2)16(17)15-12(4)11(3)9-13-7-5-6-8-14(13)15/h5-10H,1-4H3. The summed E-state index contributed by atoms with van der Waals surface area (Å²) in [5.74, 6) is 0.279. The number of carbonyl (C=O) groups is 1. The second-order valence-electron chi connectivity index (χ2n) is 4.93. The number of rotatable bonds is 2. The molecule has 0 amide bonds. The molecular formula is C16H18O. The largest absolute Gasteiger partial charge is 0.294 e. The molecule has 0 heterocycles. The van der Waals surface area contributed by atoms with E-state index in [1.54, 1.807) is 0 Å². The normalized spacial score (nSPS) is 11.1. The van der Waals surface area contributed by atoms with Crippen molar-refractivity contribution in [3.8, 4) is 0 Å². The first kappa shape index (κ1) is 11.8. The van der Waals surface area contributed by atoms with Crippen LogP contribution in [-0.4, -0.2) is 5.78 Å². The average Bonchev–Trinajstić information content (AvgIpc) is 2.30. The Hall–Kier alpha value is -1.63. The molecule has 17 heavy (non-hydrogen) atoms. The quantitative estimate of drug-likeness (QED) is 0.698. The van der Waals surface area contributed by atoms with Crippen LogP contribution in [0.2, 0.25) is 0 Å². The van der Waals surface area contributed by atoms with Crippen molar-refractivity contribution in [2.24, 2.45) is 5.92 Å². The van der Waals surface area contributed by atoms with Crippen LogP contribution >= 0.6 is 0 Å². The number of Topliss-reactive ketones (excluding diaryl/α,β-unsaturated/α-hetero) is 1. The molecule has 1 heteroatoms. The van der Waals surface area contributed by atoms with Gasteiger partial charge in [-0.15, -0.1) is 0 Å². The number of hydrogen-bond donors (Lipinski definition) is 0. The van der Waals surface area contributed by atoms with Crippen molar-refractivity contribution in [1.29, 1.82) is 0 Å². The van der Waals surface area contributed by atoms with Crippen LogP contribution in [0.5, 0.6) is 0 Å². The topological polar surface area (TPSA) is 17.1 Å². The molecule has 0 N–H and O–H groups in total. The molecule has 0 unspecified atom stereocenters. The highest BCUT2D eigenvalue weighted by Gasteiger charge is 2.17. The molecule has 0 aromatic heterocycles. The molecule has 0 aliphatic heterocycles. The predicted molar refractivity (Wildman–Crippen MR) is 72.6 cm³/mol. The summed E-state index contributed by atoms with van der Waals surface area (Å²) in [6, 6.07) is 10.3. The van der Waals surface area contributed by atoms with Gasteiger partial charge < -0.3 is 0 Å². The van der Waals surface area contributed by atoms with Crippen LogP contribution in [0.3, 0.4) is 0 Å². The van der Waals surface area contributed by atoms with E-state index in [4.69, 9.17) is 0 Å². The summed E-state index contributed by atoms with van der Waals surface area (Å²) >= 11 is 0. The number of benzene rings is 2. The van der Waals surface area contributed by atoms with Gasteiger partial charge in [0.1, 0.15) is 0 Å². The van der Waals surface area contributed by atoms with E-state index in [1.807, 2.05) is 39.0 Å². The third-order valence-corrected chi connectivity index (χ3v) is 3.34. The highest BCUT2D eigenvalue weighted by atomic mass is 16.1. The Morgan fingerprint density at radius 3 is 2.41 bits per heavy atom. The third-order valence-electron chi connectivity index (χ3n) is 3.34. The van der Waals surface area contributed by atoms with Crippen LogP contribution in [0.25, 0.3) is 10.8 Å². The third kappa shape index (κ3) is 1.97. The lowest BCUT2D eigenvalue weighted by Gasteiger charge is -2.14. The minimum Gasteiger partial charge on any atom is -0.294 e. The smallest absolute Gasteiger partial charge is 0.166 e. The van der Waals surface area contributed by atoms with E-state index in [0.29, 0.717) is 0 Å². The lowest BCUT2D eigenvalue weighted by Crippen LogP contribution is -2.10. The second-order valence-corrected chi connectivity index (χ2v) is 4.93. The van der Waals surface area contributed by atoms with Crippen LogP contribution in [-0.2, 0) is 0 Å². The van der Waals surface area contributed by atoms with Crippen LogP contribution in [0, 0.1) is 19.8 Å². The molecule has 0 saturated carbocycles. The van der Waals surface area contributed by atoms with Gasteiger partial charge in [-0.2, -0.15) is 0 Å². The van der Waals surface area contributed by atoms with Gasteiger partial charge in [-0.1, -0.05) is 44.2 Å². The van der Waals surface area contributed by atoms with E-state index in [2.05, 4.69) is 19.1 Å². The van der Waals surface area contributed by atoms with Gasteiger partial charge in [-0.25, -0.2) is 0 Å². The SMILES string of the molecule is Cc1cc2ccccc2c(C(=O)C(C)C)c1C. The minimum atomic E-state index is 0.0407. The fourth-order valence-electron chi connectivity index (χ4n) is 2.20. The number of carbonyl (C=O) groups excluding carboxylic acids is 1. The molecule has 2 aromatic carbocycles. The summed E-state index contributed by atoms with van der Waals surface area (Å²) < 4.78 is 0. The second kappa shape index (κ2) is 4.33. The van der Waals surface area contributed by atoms with Crippen LogP contribution < -0.4 is 0 Å². The van der Waals surface area contributed by atoms with E-state index in [1.165, 1.54) is 5.56 Å². The Morgan fingerprint density at radius 1 is 1.12 bits per heavy atom. The monoisotopic (exact) mass is 226 g/mol. The molecule has 0 bridgehead atoms. The zero-order valence-electron chi connectivity index (χ0n) is 10.9. The molecule has 0 saturated heterocycles. The summed E-state index contributed by atoms with van der Waals surface area (Å²) in [5, 5.41) is 2.23. The molecule has 0 aliphatic rings. The molecule has 0 fully saturated rings. The van der Waals surface area contributed by atoms with Gasteiger partial charge >= 0.3 is 0 Å². The molecule has 0 aliphatic carbocycles. The van der Waals surface area contributed by atoms with Gasteiger partial charge in [-0.05, 0) is 35.7 Å². The van der Waals surface area contributed by atoms with E-state index in [0.717, 1.165) is 21.9 Å². The zero-order valence-corrected chi connectivity index (χ0v) is 10.9. The number of aryl methyl sites for hydroxylation is 1. The summed E-state index contributed by atoms with van der Waals surface area (Å²) in [6.45, 7) is 8.02. The van der Waals surface area contributed by atoms with Crippen molar-refractivity contribution in [3.05, 3.63) is 47.0 Å². The molecule has 0 atom stereocenters. The van der Waals surface area contributed by atoms with Crippen LogP contribution in [0.1, 0.15) is 35.3 Å². The highest BCUT2D eigenvalue weighted by molar-refractivity contribution is 6.10. The van der Waals surface area contributed by atoms with E-state index in [-0.39, 0.29) is 11.7 Å². The van der Waals surface area contributed by atoms with Gasteiger partial charge in [0.05, 0.1) is 0 Å². The highest BCUT2D eigenvalue weighted by Crippen LogP contribution is 2.27. The van der Waals surface area contributed by atoms with Crippen molar-refractivity contribution < 1.29 is 4.79 Å². The average molecular weight is 226 g/mol. The molecule has 1 nitrogen and oxygen atoms in total. The number of fused-ring (bicyclic) bond motifs is 1. The van der Waals surface area contributed by atoms with Crippen molar-refractivity contribution in [2.75, 3.05) is 0 Å². The molecule has 0 radical (unpaired) electrons. The minimum absolute atomic E-state index is 0.0407. The number of ketones is 1. The van der Waals surface area contributed by atoms with E-state index in [9.17, 15) is 4.79 Å². The molecular weight excluding hydrogens is 208 g/mol. The first-order valence-electron chi connectivity index (χ1n) is 6.05. The molecule has 0 spiro atoms. The fourth-order valence-corrected chi connectivity index (χ4v) is 2.20. The van der Waals surface area contributed by atoms with Crippen LogP contribution in [0.15, 0.2) is 30.3 Å². The lowest BCUT2D eigenvalue weighted by molar-refractivity contribution is 0.0940.